The molecule has 0 bridgehead atoms. The summed E-state index contributed by atoms with van der Waals surface area (Å²) in [4.78, 5) is 43.7. The molecule has 0 radical (unpaired) electrons. The Bertz CT molecular complexity index is 1310. The highest BCUT2D eigenvalue weighted by Gasteiger charge is 2.38. The number of rotatable bonds is 10. The van der Waals surface area contributed by atoms with Crippen molar-refractivity contribution < 1.29 is 23.5 Å². The van der Waals surface area contributed by atoms with Crippen molar-refractivity contribution in [2.24, 2.45) is 0 Å². The Morgan fingerprint density at radius 1 is 1.31 bits per heavy atom. The second kappa shape index (κ2) is 12.5. The zero-order chi connectivity index (χ0) is 28.1. The lowest BCUT2D eigenvalue weighted by molar-refractivity contribution is -0.129. The molecule has 0 saturated carbocycles. The second-order valence-electron chi connectivity index (χ2n) is 9.85. The van der Waals surface area contributed by atoms with E-state index < -0.39 is 29.8 Å². The number of nitrogens with one attached hydrogen (secondary N) is 1. The lowest BCUT2D eigenvalue weighted by atomic mass is 9.96. The fourth-order valence-electron chi connectivity index (χ4n) is 4.96. The Balaban J connectivity index is 1.46. The van der Waals surface area contributed by atoms with E-state index in [9.17, 15) is 14.4 Å². The van der Waals surface area contributed by atoms with Crippen LogP contribution in [0.4, 0.5) is 15.0 Å². The molecule has 1 aliphatic heterocycles. The fraction of sp³-hybridized carbons (Fsp3) is 0.379. The highest BCUT2D eigenvalue weighted by atomic mass is 35.5. The molecule has 2 amide bonds. The normalized spacial score (nSPS) is 18.5. The van der Waals surface area contributed by atoms with Gasteiger partial charge in [-0.15, -0.1) is 0 Å². The van der Waals surface area contributed by atoms with Gasteiger partial charge in [-0.05, 0) is 50.8 Å². The number of carbonyl (C=O) groups excluding carboxylic acids is 3. The standard InChI is InChI=1S/C29H32ClFN4O4/c1-3-23(21-10-11-22(30)26(27(21)31)28(37)19-9-12-24(32)33-15-19)34-17(2)13-25(36)35-20(16-39-29(35)38)14-18-7-5-4-6-8-18/h4-5,7,9-12,15,17,20,23,34H,3,6,8,13-14,16H2,1-2H3,(H2,32,33)/t17?,20-,23-/m1/s1. The van der Waals surface area contributed by atoms with Gasteiger partial charge in [0.25, 0.3) is 0 Å². The van der Waals surface area contributed by atoms with E-state index in [0.717, 1.165) is 12.8 Å². The first-order chi connectivity index (χ1) is 18.7. The second-order valence-corrected chi connectivity index (χ2v) is 10.3. The highest BCUT2D eigenvalue weighted by Crippen LogP contribution is 2.30. The quantitative estimate of drug-likeness (QED) is 0.371. The molecule has 10 heteroatoms. The van der Waals surface area contributed by atoms with Gasteiger partial charge in [0.1, 0.15) is 18.2 Å². The zero-order valence-corrected chi connectivity index (χ0v) is 22.7. The molecule has 3 atom stereocenters. The molecular weight excluding hydrogens is 523 g/mol. The summed E-state index contributed by atoms with van der Waals surface area (Å²) in [5.74, 6) is -1.46. The first-order valence-corrected chi connectivity index (χ1v) is 13.4. The maximum Gasteiger partial charge on any atom is 0.416 e. The summed E-state index contributed by atoms with van der Waals surface area (Å²) in [5, 5.41) is 3.26. The predicted octanol–water partition coefficient (Wildman–Crippen LogP) is 5.52. The SMILES string of the molecule is CC[C@@H](NC(C)CC(=O)N1C(=O)OC[C@H]1CC1=CC=CCC1)c1ccc(Cl)c(C(=O)c2ccc(N)nc2)c1F. The number of hydrogen-bond acceptors (Lipinski definition) is 7. The lowest BCUT2D eigenvalue weighted by Crippen LogP contribution is -2.43. The van der Waals surface area contributed by atoms with E-state index in [1.165, 1.54) is 40.9 Å². The largest absolute Gasteiger partial charge is 0.447 e. The molecule has 2 aromatic rings. The fourth-order valence-corrected chi connectivity index (χ4v) is 5.19. The van der Waals surface area contributed by atoms with E-state index in [4.69, 9.17) is 22.1 Å². The number of anilines is 1. The minimum Gasteiger partial charge on any atom is -0.447 e. The summed E-state index contributed by atoms with van der Waals surface area (Å²) in [6.45, 7) is 3.83. The van der Waals surface area contributed by atoms with Crippen molar-refractivity contribution in [1.82, 2.24) is 15.2 Å². The van der Waals surface area contributed by atoms with Gasteiger partial charge in [-0.2, -0.15) is 0 Å². The van der Waals surface area contributed by atoms with Crippen molar-refractivity contribution in [2.45, 2.75) is 64.1 Å². The molecule has 1 aromatic heterocycles. The van der Waals surface area contributed by atoms with E-state index in [2.05, 4.69) is 16.4 Å². The molecule has 8 nitrogen and oxygen atoms in total. The number of aromatic nitrogens is 1. The average Bonchev–Trinajstić information content (AvgIpc) is 3.28. The topological polar surface area (TPSA) is 115 Å². The molecule has 2 heterocycles. The Morgan fingerprint density at radius 2 is 2.10 bits per heavy atom. The number of allylic oxidation sites excluding steroid dienone is 3. The Kier molecular flexibility index (Phi) is 9.14. The van der Waals surface area contributed by atoms with E-state index in [0.29, 0.717) is 12.8 Å². The summed E-state index contributed by atoms with van der Waals surface area (Å²) < 4.78 is 20.9. The summed E-state index contributed by atoms with van der Waals surface area (Å²) >= 11 is 6.24. The number of cyclic esters (lactones) is 1. The van der Waals surface area contributed by atoms with Crippen LogP contribution in [0.2, 0.25) is 5.02 Å². The minimum atomic E-state index is -0.736. The van der Waals surface area contributed by atoms with Gasteiger partial charge < -0.3 is 15.8 Å². The number of imide groups is 1. The molecular formula is C29H32ClFN4O4. The van der Waals surface area contributed by atoms with Crippen LogP contribution in [0.15, 0.2) is 54.3 Å². The number of ether oxygens (including phenoxy) is 1. The van der Waals surface area contributed by atoms with Crippen LogP contribution in [0.1, 0.15) is 73.5 Å². The molecule has 1 aliphatic carbocycles. The molecule has 39 heavy (non-hydrogen) atoms. The summed E-state index contributed by atoms with van der Waals surface area (Å²) in [5.41, 5.74) is 6.94. The number of halogens is 2. The van der Waals surface area contributed by atoms with Crippen LogP contribution in [0.3, 0.4) is 0 Å². The molecule has 3 N–H and O–H groups in total. The number of amides is 2. The van der Waals surface area contributed by atoms with Crippen LogP contribution in [0, 0.1) is 5.82 Å². The van der Waals surface area contributed by atoms with Crippen LogP contribution >= 0.6 is 11.6 Å². The predicted molar refractivity (Wildman–Crippen MR) is 147 cm³/mol. The Morgan fingerprint density at radius 3 is 2.77 bits per heavy atom. The van der Waals surface area contributed by atoms with Crippen molar-refractivity contribution >= 4 is 35.2 Å². The van der Waals surface area contributed by atoms with Gasteiger partial charge in [-0.1, -0.05) is 48.4 Å². The van der Waals surface area contributed by atoms with E-state index >= 15 is 4.39 Å². The van der Waals surface area contributed by atoms with E-state index in [-0.39, 0.29) is 52.5 Å². The lowest BCUT2D eigenvalue weighted by Gasteiger charge is -2.26. The Labute approximate surface area is 232 Å². The van der Waals surface area contributed by atoms with Gasteiger partial charge >= 0.3 is 6.09 Å². The first kappa shape index (κ1) is 28.4. The van der Waals surface area contributed by atoms with Gasteiger partial charge in [0.05, 0.1) is 16.6 Å². The third-order valence-electron chi connectivity index (χ3n) is 6.97. The highest BCUT2D eigenvalue weighted by molar-refractivity contribution is 6.35. The van der Waals surface area contributed by atoms with Gasteiger partial charge in [0.2, 0.25) is 5.91 Å². The summed E-state index contributed by atoms with van der Waals surface area (Å²) in [6, 6.07) is 4.69. The molecule has 4 rings (SSSR count). The van der Waals surface area contributed by atoms with Crippen molar-refractivity contribution in [3.63, 3.8) is 0 Å². The van der Waals surface area contributed by atoms with Crippen molar-refractivity contribution in [1.29, 1.82) is 0 Å². The first-order valence-electron chi connectivity index (χ1n) is 13.0. The molecule has 0 spiro atoms. The van der Waals surface area contributed by atoms with E-state index in [1.807, 2.05) is 19.1 Å². The van der Waals surface area contributed by atoms with Crippen LogP contribution in [0.5, 0.6) is 0 Å². The molecule has 206 valence electrons. The molecule has 1 unspecified atom stereocenters. The van der Waals surface area contributed by atoms with Crippen LogP contribution in [-0.4, -0.2) is 46.4 Å². The molecule has 1 aromatic carbocycles. The number of ketones is 1. The number of benzene rings is 1. The molecule has 1 fully saturated rings. The number of nitrogens with two attached hydrogens (primary N) is 1. The minimum absolute atomic E-state index is 0.0130. The maximum atomic E-state index is 15.7. The number of nitrogen functional groups attached to an aromatic ring is 1. The number of pyridine rings is 1. The third-order valence-corrected chi connectivity index (χ3v) is 7.29. The maximum absolute atomic E-state index is 15.7. The van der Waals surface area contributed by atoms with Gasteiger partial charge in [-0.3, -0.25) is 9.59 Å². The van der Waals surface area contributed by atoms with Gasteiger partial charge in [-0.25, -0.2) is 19.1 Å². The molecule has 2 aliphatic rings. The Hall–Kier alpha value is -3.56. The number of carbonyl (C=O) groups is 3. The van der Waals surface area contributed by atoms with Crippen molar-refractivity contribution in [3.05, 3.63) is 81.8 Å². The van der Waals surface area contributed by atoms with E-state index in [1.54, 1.807) is 6.92 Å². The third kappa shape index (κ3) is 6.54. The number of hydrogen-bond donors (Lipinski definition) is 2. The monoisotopic (exact) mass is 554 g/mol. The smallest absolute Gasteiger partial charge is 0.416 e. The van der Waals surface area contributed by atoms with Gasteiger partial charge in [0.15, 0.2) is 5.78 Å². The van der Waals surface area contributed by atoms with Crippen LogP contribution in [-0.2, 0) is 9.53 Å². The van der Waals surface area contributed by atoms with Crippen molar-refractivity contribution in [3.8, 4) is 0 Å². The average molecular weight is 555 g/mol. The molecule has 1 saturated heterocycles. The van der Waals surface area contributed by atoms with Crippen molar-refractivity contribution in [2.75, 3.05) is 12.3 Å². The van der Waals surface area contributed by atoms with Gasteiger partial charge in [0, 0.05) is 35.8 Å². The summed E-state index contributed by atoms with van der Waals surface area (Å²) in [6.07, 6.45) is 9.63. The van der Waals surface area contributed by atoms with Crippen LogP contribution < -0.4 is 11.1 Å². The summed E-state index contributed by atoms with van der Waals surface area (Å²) in [7, 11) is 0. The zero-order valence-electron chi connectivity index (χ0n) is 22.0. The number of nitrogens with zero attached hydrogens (tertiary/aromatic N) is 2. The van der Waals surface area contributed by atoms with Crippen LogP contribution in [0.25, 0.3) is 0 Å².